The maximum absolute atomic E-state index is 11.1. The Bertz CT molecular complexity index is 316. The Morgan fingerprint density at radius 2 is 1.73 bits per heavy atom. The summed E-state index contributed by atoms with van der Waals surface area (Å²) in [5, 5.41) is -0.225. The van der Waals surface area contributed by atoms with E-state index in [4.69, 9.17) is 11.6 Å². The number of hydrogen-bond donors (Lipinski definition) is 0. The van der Waals surface area contributed by atoms with Crippen LogP contribution in [0.2, 0.25) is 0 Å². The molecular weight excluding hydrogens is 208 g/mol. The van der Waals surface area contributed by atoms with E-state index >= 15 is 0 Å². The van der Waals surface area contributed by atoms with Crippen LogP contribution in [0.1, 0.15) is 31.4 Å². The van der Waals surface area contributed by atoms with Crippen LogP contribution >= 0.6 is 11.6 Å². The van der Waals surface area contributed by atoms with Crippen molar-refractivity contribution in [2.24, 2.45) is 5.92 Å². The van der Waals surface area contributed by atoms with Gasteiger partial charge in [-0.05, 0) is 42.0 Å². The van der Waals surface area contributed by atoms with E-state index in [1.165, 1.54) is 11.1 Å². The Labute approximate surface area is 96.5 Å². The van der Waals surface area contributed by atoms with Crippen molar-refractivity contribution in [2.45, 2.75) is 33.1 Å². The molecule has 1 atom stereocenters. The number of benzene rings is 1. The first-order valence-corrected chi connectivity index (χ1v) is 5.82. The van der Waals surface area contributed by atoms with E-state index < -0.39 is 0 Å². The van der Waals surface area contributed by atoms with Crippen LogP contribution in [0.4, 0.5) is 0 Å². The molecule has 0 saturated carbocycles. The van der Waals surface area contributed by atoms with Gasteiger partial charge in [0.15, 0.2) is 0 Å². The van der Waals surface area contributed by atoms with Crippen molar-refractivity contribution in [3.63, 3.8) is 0 Å². The SMILES string of the molecule is CCc1ccc(CC(CC)C(=O)Cl)cc1. The van der Waals surface area contributed by atoms with E-state index in [1.54, 1.807) is 0 Å². The first-order chi connectivity index (χ1) is 7.17. The van der Waals surface area contributed by atoms with Crippen molar-refractivity contribution in [3.8, 4) is 0 Å². The summed E-state index contributed by atoms with van der Waals surface area (Å²) in [5.41, 5.74) is 2.51. The quantitative estimate of drug-likeness (QED) is 0.699. The van der Waals surface area contributed by atoms with Gasteiger partial charge in [-0.15, -0.1) is 0 Å². The number of halogens is 1. The van der Waals surface area contributed by atoms with Gasteiger partial charge in [-0.25, -0.2) is 0 Å². The maximum atomic E-state index is 11.1. The van der Waals surface area contributed by atoms with Crippen LogP contribution in [0.3, 0.4) is 0 Å². The molecule has 82 valence electrons. The molecule has 0 radical (unpaired) electrons. The third-order valence-corrected chi connectivity index (χ3v) is 3.04. The topological polar surface area (TPSA) is 17.1 Å². The summed E-state index contributed by atoms with van der Waals surface area (Å²) in [6.07, 6.45) is 2.60. The van der Waals surface area contributed by atoms with Crippen LogP contribution in [-0.2, 0) is 17.6 Å². The van der Waals surface area contributed by atoms with E-state index in [1.807, 2.05) is 6.92 Å². The van der Waals surface area contributed by atoms with Crippen LogP contribution in [0.5, 0.6) is 0 Å². The fourth-order valence-electron chi connectivity index (χ4n) is 1.58. The molecule has 2 heteroatoms. The maximum Gasteiger partial charge on any atom is 0.225 e. The van der Waals surface area contributed by atoms with E-state index in [0.717, 1.165) is 19.3 Å². The number of aryl methyl sites for hydroxylation is 1. The molecule has 0 aliphatic heterocycles. The van der Waals surface area contributed by atoms with Crippen molar-refractivity contribution in [1.82, 2.24) is 0 Å². The fraction of sp³-hybridized carbons (Fsp3) is 0.462. The van der Waals surface area contributed by atoms with Gasteiger partial charge in [0, 0.05) is 5.92 Å². The third-order valence-electron chi connectivity index (χ3n) is 2.73. The number of hydrogen-bond acceptors (Lipinski definition) is 1. The second kappa shape index (κ2) is 5.92. The molecule has 15 heavy (non-hydrogen) atoms. The summed E-state index contributed by atoms with van der Waals surface area (Å²) in [7, 11) is 0. The molecule has 0 spiro atoms. The van der Waals surface area contributed by atoms with Crippen molar-refractivity contribution < 1.29 is 4.79 Å². The monoisotopic (exact) mass is 224 g/mol. The zero-order valence-corrected chi connectivity index (χ0v) is 10.1. The average Bonchev–Trinajstić information content (AvgIpc) is 2.26. The van der Waals surface area contributed by atoms with Crippen LogP contribution in [0.25, 0.3) is 0 Å². The summed E-state index contributed by atoms with van der Waals surface area (Å²) in [5.74, 6) is -0.0425. The van der Waals surface area contributed by atoms with Gasteiger partial charge in [0.05, 0.1) is 0 Å². The Morgan fingerprint density at radius 1 is 1.20 bits per heavy atom. The van der Waals surface area contributed by atoms with Crippen molar-refractivity contribution in [2.75, 3.05) is 0 Å². The first-order valence-electron chi connectivity index (χ1n) is 5.44. The predicted octanol–water partition coefficient (Wildman–Crippen LogP) is 3.58. The van der Waals surface area contributed by atoms with E-state index in [2.05, 4.69) is 31.2 Å². The summed E-state index contributed by atoms with van der Waals surface area (Å²) in [6, 6.07) is 8.39. The van der Waals surface area contributed by atoms with E-state index in [-0.39, 0.29) is 11.2 Å². The van der Waals surface area contributed by atoms with Gasteiger partial charge in [0.1, 0.15) is 0 Å². The van der Waals surface area contributed by atoms with Gasteiger partial charge < -0.3 is 0 Å². The zero-order valence-electron chi connectivity index (χ0n) is 9.29. The number of carbonyl (C=O) groups excluding carboxylic acids is 1. The van der Waals surface area contributed by atoms with Crippen LogP contribution < -0.4 is 0 Å². The molecule has 1 nitrogen and oxygen atoms in total. The van der Waals surface area contributed by atoms with E-state index in [0.29, 0.717) is 0 Å². The lowest BCUT2D eigenvalue weighted by Gasteiger charge is -2.09. The highest BCUT2D eigenvalue weighted by Gasteiger charge is 2.14. The van der Waals surface area contributed by atoms with E-state index in [9.17, 15) is 4.79 Å². The minimum absolute atomic E-state index is 0.0425. The van der Waals surface area contributed by atoms with Gasteiger partial charge in [-0.2, -0.15) is 0 Å². The summed E-state index contributed by atoms with van der Waals surface area (Å²) < 4.78 is 0. The normalized spacial score (nSPS) is 12.5. The second-order valence-electron chi connectivity index (χ2n) is 3.78. The zero-order chi connectivity index (χ0) is 11.3. The van der Waals surface area contributed by atoms with Crippen LogP contribution in [-0.4, -0.2) is 5.24 Å². The standard InChI is InChI=1S/C13H17ClO/c1-3-10-5-7-11(8-6-10)9-12(4-2)13(14)15/h5-8,12H,3-4,9H2,1-2H3. The lowest BCUT2D eigenvalue weighted by Crippen LogP contribution is -2.10. The molecule has 0 bridgehead atoms. The molecule has 0 N–H and O–H groups in total. The summed E-state index contributed by atoms with van der Waals surface area (Å²) in [4.78, 5) is 11.1. The smallest absolute Gasteiger partial charge is 0.225 e. The predicted molar refractivity (Wildman–Crippen MR) is 64.2 cm³/mol. The van der Waals surface area contributed by atoms with Crippen molar-refractivity contribution in [1.29, 1.82) is 0 Å². The number of rotatable bonds is 5. The molecular formula is C13H17ClO. The molecule has 0 amide bonds. The summed E-state index contributed by atoms with van der Waals surface area (Å²) >= 11 is 5.51. The van der Waals surface area contributed by atoms with Gasteiger partial charge in [-0.1, -0.05) is 38.1 Å². The molecule has 0 fully saturated rings. The van der Waals surface area contributed by atoms with Crippen LogP contribution in [0, 0.1) is 5.92 Å². The largest absolute Gasteiger partial charge is 0.281 e. The first kappa shape index (κ1) is 12.3. The van der Waals surface area contributed by atoms with Gasteiger partial charge in [0.2, 0.25) is 5.24 Å². The molecule has 1 unspecified atom stereocenters. The van der Waals surface area contributed by atoms with Gasteiger partial charge in [-0.3, -0.25) is 4.79 Å². The second-order valence-corrected chi connectivity index (χ2v) is 4.16. The minimum atomic E-state index is -0.225. The molecule has 0 saturated heterocycles. The Kier molecular flexibility index (Phi) is 4.83. The highest BCUT2D eigenvalue weighted by atomic mass is 35.5. The van der Waals surface area contributed by atoms with Crippen molar-refractivity contribution >= 4 is 16.8 Å². The molecule has 0 aromatic heterocycles. The highest BCUT2D eigenvalue weighted by molar-refractivity contribution is 6.63. The lowest BCUT2D eigenvalue weighted by atomic mass is 9.97. The molecule has 0 heterocycles. The number of carbonyl (C=O) groups is 1. The van der Waals surface area contributed by atoms with Crippen molar-refractivity contribution in [3.05, 3.63) is 35.4 Å². The third kappa shape index (κ3) is 3.67. The summed E-state index contributed by atoms with van der Waals surface area (Å²) in [6.45, 7) is 4.12. The Hall–Kier alpha value is -0.820. The lowest BCUT2D eigenvalue weighted by molar-refractivity contribution is -0.115. The van der Waals surface area contributed by atoms with Gasteiger partial charge >= 0.3 is 0 Å². The molecule has 1 rings (SSSR count). The van der Waals surface area contributed by atoms with Gasteiger partial charge in [0.25, 0.3) is 0 Å². The fourth-order valence-corrected chi connectivity index (χ4v) is 1.81. The molecule has 0 aliphatic carbocycles. The molecule has 1 aromatic rings. The van der Waals surface area contributed by atoms with Crippen LogP contribution in [0.15, 0.2) is 24.3 Å². The highest BCUT2D eigenvalue weighted by Crippen LogP contribution is 2.15. The Balaban J connectivity index is 2.67. The average molecular weight is 225 g/mol. The minimum Gasteiger partial charge on any atom is -0.281 e. The molecule has 1 aromatic carbocycles. The molecule has 0 aliphatic rings. The Morgan fingerprint density at radius 3 is 2.13 bits per heavy atom.